The summed E-state index contributed by atoms with van der Waals surface area (Å²) in [4.78, 5) is 23.2. The summed E-state index contributed by atoms with van der Waals surface area (Å²) in [7, 11) is 0. The minimum atomic E-state index is 0.874. The first-order valence-electron chi connectivity index (χ1n) is 24.9. The van der Waals surface area contributed by atoms with Gasteiger partial charge in [-0.05, 0) is 144 Å². The van der Waals surface area contributed by atoms with Crippen molar-refractivity contribution in [3.8, 4) is 78.4 Å². The third-order valence-electron chi connectivity index (χ3n) is 14.1. The average molecular weight is 938 g/mol. The normalized spacial score (nSPS) is 11.3. The van der Waals surface area contributed by atoms with E-state index in [0.717, 1.165) is 106 Å². The van der Waals surface area contributed by atoms with Crippen LogP contribution in [0.4, 0.5) is 17.1 Å². The van der Waals surface area contributed by atoms with Gasteiger partial charge in [-0.3, -0.25) is 0 Å². The summed E-state index contributed by atoms with van der Waals surface area (Å²) in [6.45, 7) is 8.51. The summed E-state index contributed by atoms with van der Waals surface area (Å²) in [5.41, 5.74) is 26.2. The minimum absolute atomic E-state index is 0.874. The predicted molar refractivity (Wildman–Crippen MR) is 304 cm³/mol. The number of aryl methyl sites for hydroxylation is 4. The highest BCUT2D eigenvalue weighted by atomic mass is 15.1. The quantitative estimate of drug-likeness (QED) is 0.137. The van der Waals surface area contributed by atoms with Gasteiger partial charge in [0, 0.05) is 39.3 Å². The Morgan fingerprint density at radius 2 is 0.411 bits per heavy atom. The van der Waals surface area contributed by atoms with E-state index < -0.39 is 0 Å². The minimum Gasteiger partial charge on any atom is -0.311 e. The second-order valence-electron chi connectivity index (χ2n) is 18.9. The van der Waals surface area contributed by atoms with Crippen molar-refractivity contribution in [1.82, 2.24) is 19.9 Å². The summed E-state index contributed by atoms with van der Waals surface area (Å²) in [6.07, 6.45) is 0. The fourth-order valence-corrected chi connectivity index (χ4v) is 9.75. The van der Waals surface area contributed by atoms with Crippen molar-refractivity contribution < 1.29 is 0 Å². The van der Waals surface area contributed by atoms with Crippen molar-refractivity contribution in [3.05, 3.63) is 259 Å². The number of rotatable bonds is 10. The van der Waals surface area contributed by atoms with Gasteiger partial charge in [0.25, 0.3) is 0 Å². The van der Waals surface area contributed by atoms with Crippen molar-refractivity contribution >= 4 is 39.1 Å². The Kier molecular flexibility index (Phi) is 11.7. The van der Waals surface area contributed by atoms with Gasteiger partial charge in [0.1, 0.15) is 0 Å². The largest absolute Gasteiger partial charge is 0.311 e. The summed E-state index contributed by atoms with van der Waals surface area (Å²) in [5, 5.41) is 0. The van der Waals surface area contributed by atoms with E-state index in [-0.39, 0.29) is 0 Å². The topological polar surface area (TPSA) is 54.8 Å². The lowest BCUT2D eigenvalue weighted by molar-refractivity contribution is 1.26. The Bertz CT molecular complexity index is 3710. The smallest absolute Gasteiger partial charge is 0.0973 e. The molecule has 0 bridgehead atoms. The van der Waals surface area contributed by atoms with Gasteiger partial charge in [0.2, 0.25) is 0 Å². The second-order valence-corrected chi connectivity index (χ2v) is 18.9. The first-order valence-corrected chi connectivity index (χ1v) is 24.9. The highest BCUT2D eigenvalue weighted by Gasteiger charge is 2.18. The molecule has 0 atom stereocenters. The van der Waals surface area contributed by atoms with E-state index in [1.54, 1.807) is 0 Å². The monoisotopic (exact) mass is 937 g/mol. The van der Waals surface area contributed by atoms with Crippen LogP contribution in [0, 0.1) is 27.7 Å². The fourth-order valence-electron chi connectivity index (χ4n) is 9.75. The van der Waals surface area contributed by atoms with Gasteiger partial charge in [0.05, 0.1) is 44.8 Å². The molecule has 0 saturated carbocycles. The zero-order chi connectivity index (χ0) is 49.4. The molecular formula is C68H51N5. The molecule has 73 heavy (non-hydrogen) atoms. The van der Waals surface area contributed by atoms with Crippen LogP contribution in [0.2, 0.25) is 0 Å². The molecule has 0 fully saturated rings. The third-order valence-corrected chi connectivity index (χ3v) is 14.1. The molecule has 0 aliphatic heterocycles. The van der Waals surface area contributed by atoms with Crippen molar-refractivity contribution in [2.45, 2.75) is 27.7 Å². The zero-order valence-electron chi connectivity index (χ0n) is 41.3. The van der Waals surface area contributed by atoms with E-state index >= 15 is 0 Å². The van der Waals surface area contributed by atoms with Gasteiger partial charge in [0.15, 0.2) is 0 Å². The molecule has 12 rings (SSSR count). The van der Waals surface area contributed by atoms with Gasteiger partial charge >= 0.3 is 0 Å². The van der Waals surface area contributed by atoms with Gasteiger partial charge < -0.3 is 4.90 Å². The van der Waals surface area contributed by atoms with Crippen LogP contribution in [-0.4, -0.2) is 19.9 Å². The Morgan fingerprint density at radius 1 is 0.219 bits per heavy atom. The van der Waals surface area contributed by atoms with Gasteiger partial charge in [-0.15, -0.1) is 0 Å². The van der Waals surface area contributed by atoms with E-state index in [1.807, 2.05) is 12.1 Å². The van der Waals surface area contributed by atoms with Crippen LogP contribution in [0.25, 0.3) is 100 Å². The maximum absolute atomic E-state index is 5.23. The van der Waals surface area contributed by atoms with E-state index in [4.69, 9.17) is 19.9 Å². The second kappa shape index (κ2) is 19.1. The summed E-state index contributed by atoms with van der Waals surface area (Å²) in [5.74, 6) is 0. The van der Waals surface area contributed by atoms with Crippen LogP contribution < -0.4 is 4.90 Å². The van der Waals surface area contributed by atoms with Crippen LogP contribution in [0.15, 0.2) is 237 Å². The predicted octanol–water partition coefficient (Wildman–Crippen LogP) is 17.9. The number of hydrogen-bond donors (Lipinski definition) is 0. The highest BCUT2D eigenvalue weighted by molar-refractivity contribution is 5.90. The molecule has 0 amide bonds. The summed E-state index contributed by atoms with van der Waals surface area (Å²) < 4.78 is 0. The summed E-state index contributed by atoms with van der Waals surface area (Å²) >= 11 is 0. The zero-order valence-corrected chi connectivity index (χ0v) is 41.3. The Balaban J connectivity index is 0.857. The lowest BCUT2D eigenvalue weighted by Gasteiger charge is -2.26. The summed E-state index contributed by atoms with van der Waals surface area (Å²) in [6, 6.07) is 83.8. The molecule has 12 aromatic rings. The number of nitrogens with zero attached hydrogens (tertiary/aromatic N) is 5. The van der Waals surface area contributed by atoms with Gasteiger partial charge in [-0.2, -0.15) is 0 Å². The lowest BCUT2D eigenvalue weighted by atomic mass is 9.98. The molecule has 348 valence electrons. The SMILES string of the molecule is Cc1cc2nc(-c3ccccc3)c(-c3ccc(-c4ccc(N(c5ccc(-c6ccccc6)cc5)c5ccc(-c6ccc(-c7nc8cc(C)c(C)cc8nc7-c7ccccc7)cc6)cc5)cc4)cc3)nc2cc1C. The number of aromatic nitrogens is 4. The first kappa shape index (κ1) is 44.9. The maximum Gasteiger partial charge on any atom is 0.0973 e. The van der Waals surface area contributed by atoms with Crippen LogP contribution >= 0.6 is 0 Å². The molecule has 5 heteroatoms. The average Bonchev–Trinajstić information content (AvgIpc) is 3.45. The fraction of sp³-hybridized carbons (Fsp3) is 0.0588. The molecule has 0 radical (unpaired) electrons. The molecule has 2 aromatic heterocycles. The van der Waals surface area contributed by atoms with E-state index in [1.165, 1.54) is 33.4 Å². The van der Waals surface area contributed by atoms with Crippen molar-refractivity contribution in [3.63, 3.8) is 0 Å². The highest BCUT2D eigenvalue weighted by Crippen LogP contribution is 2.40. The van der Waals surface area contributed by atoms with Crippen molar-refractivity contribution in [1.29, 1.82) is 0 Å². The van der Waals surface area contributed by atoms with Crippen molar-refractivity contribution in [2.24, 2.45) is 0 Å². The van der Waals surface area contributed by atoms with Gasteiger partial charge in [-0.25, -0.2) is 19.9 Å². The number of benzene rings is 10. The standard InChI is InChI=1S/C68H51N5/c1-44-40-61-63(42-46(44)3)71-67(65(69-61)54-16-10-6-11-17-54)56-24-20-49(21-25-56)52-30-36-59(37-31-52)73(58-34-28-51(29-35-58)48-14-8-5-9-15-48)60-38-32-53(33-39-60)50-22-26-57(27-23-50)68-66(55-18-12-7-13-19-55)70-62-41-45(2)47(4)43-64(62)72-68/h5-43H,1-4H3. The Labute approximate surface area is 426 Å². The lowest BCUT2D eigenvalue weighted by Crippen LogP contribution is -2.09. The first-order chi connectivity index (χ1) is 35.8. The van der Waals surface area contributed by atoms with E-state index in [9.17, 15) is 0 Å². The molecule has 5 nitrogen and oxygen atoms in total. The van der Waals surface area contributed by atoms with E-state index in [0.29, 0.717) is 0 Å². The van der Waals surface area contributed by atoms with Crippen LogP contribution in [0.5, 0.6) is 0 Å². The molecule has 0 aliphatic carbocycles. The maximum atomic E-state index is 5.23. The molecule has 0 aliphatic rings. The number of hydrogen-bond acceptors (Lipinski definition) is 5. The molecule has 0 spiro atoms. The van der Waals surface area contributed by atoms with Gasteiger partial charge in [-0.1, -0.05) is 176 Å². The molecule has 2 heterocycles. The number of fused-ring (bicyclic) bond motifs is 2. The molecule has 0 saturated heterocycles. The Hall–Kier alpha value is -9.32. The van der Waals surface area contributed by atoms with Crippen LogP contribution in [-0.2, 0) is 0 Å². The third kappa shape index (κ3) is 8.94. The van der Waals surface area contributed by atoms with E-state index in [2.05, 4.69) is 257 Å². The van der Waals surface area contributed by atoms with Crippen molar-refractivity contribution in [2.75, 3.05) is 4.90 Å². The molecule has 10 aromatic carbocycles. The Morgan fingerprint density at radius 3 is 0.671 bits per heavy atom. The molecular weight excluding hydrogens is 887 g/mol. The molecule has 0 unspecified atom stereocenters. The van der Waals surface area contributed by atoms with Crippen LogP contribution in [0.3, 0.4) is 0 Å². The number of anilines is 3. The molecule has 0 N–H and O–H groups in total. The van der Waals surface area contributed by atoms with Crippen LogP contribution in [0.1, 0.15) is 22.3 Å².